The highest BCUT2D eigenvalue weighted by Crippen LogP contribution is 2.20. The molecule has 1 N–H and O–H groups in total. The third kappa shape index (κ3) is 5.30. The van der Waals surface area contributed by atoms with Gasteiger partial charge in [-0.2, -0.15) is 0 Å². The van der Waals surface area contributed by atoms with Gasteiger partial charge in [-0.25, -0.2) is 8.42 Å². The Balaban J connectivity index is 1.86. The van der Waals surface area contributed by atoms with Crippen LogP contribution in [0.15, 0.2) is 29.3 Å². The first-order valence-corrected chi connectivity index (χ1v) is 10.0. The van der Waals surface area contributed by atoms with Crippen molar-refractivity contribution in [2.45, 2.75) is 0 Å². The van der Waals surface area contributed by atoms with Crippen molar-refractivity contribution in [2.24, 2.45) is 4.99 Å². The number of guanidine groups is 1. The topological polar surface area (TPSA) is 74.2 Å². The molecular weight excluding hydrogens is 328 g/mol. The third-order valence-electron chi connectivity index (χ3n) is 3.98. The summed E-state index contributed by atoms with van der Waals surface area (Å²) in [5.41, 5.74) is 1.18. The van der Waals surface area contributed by atoms with E-state index in [-0.39, 0.29) is 5.75 Å². The summed E-state index contributed by atoms with van der Waals surface area (Å²) in [6.45, 7) is 3.83. The van der Waals surface area contributed by atoms with Gasteiger partial charge in [-0.1, -0.05) is 0 Å². The van der Waals surface area contributed by atoms with Crippen LogP contribution in [0.4, 0.5) is 5.69 Å². The smallest absolute Gasteiger partial charge is 0.193 e. The molecule has 8 heteroatoms. The van der Waals surface area contributed by atoms with Crippen molar-refractivity contribution in [2.75, 3.05) is 63.8 Å². The Kier molecular flexibility index (Phi) is 6.30. The summed E-state index contributed by atoms with van der Waals surface area (Å²) in [7, 11) is 0.420. The number of rotatable bonds is 5. The zero-order valence-corrected chi connectivity index (χ0v) is 15.3. The molecule has 7 nitrogen and oxygen atoms in total. The van der Waals surface area contributed by atoms with Crippen LogP contribution < -0.4 is 15.0 Å². The predicted octanol–water partition coefficient (Wildman–Crippen LogP) is 0.437. The summed E-state index contributed by atoms with van der Waals surface area (Å²) in [4.78, 5) is 8.73. The molecule has 0 aliphatic carbocycles. The molecule has 0 atom stereocenters. The van der Waals surface area contributed by atoms with E-state index in [9.17, 15) is 8.42 Å². The van der Waals surface area contributed by atoms with Crippen molar-refractivity contribution >= 4 is 21.5 Å². The molecule has 0 bridgehead atoms. The number of aliphatic imine (C=N–C) groups is 1. The van der Waals surface area contributed by atoms with E-state index in [1.165, 1.54) is 11.9 Å². The lowest BCUT2D eigenvalue weighted by molar-refractivity contribution is 0.373. The number of nitrogens with one attached hydrogen (secondary N) is 1. The summed E-state index contributed by atoms with van der Waals surface area (Å²) in [5.74, 6) is 1.72. The van der Waals surface area contributed by atoms with Gasteiger partial charge in [0.1, 0.15) is 15.6 Å². The van der Waals surface area contributed by atoms with Crippen LogP contribution in [0.25, 0.3) is 0 Å². The lowest BCUT2D eigenvalue weighted by Crippen LogP contribution is -2.53. The Morgan fingerprint density at radius 3 is 2.33 bits per heavy atom. The van der Waals surface area contributed by atoms with E-state index in [2.05, 4.69) is 32.2 Å². The second kappa shape index (κ2) is 8.23. The molecule has 1 aromatic carbocycles. The first-order valence-electron chi connectivity index (χ1n) is 7.95. The Hall–Kier alpha value is -1.96. The molecule has 1 saturated heterocycles. The van der Waals surface area contributed by atoms with Gasteiger partial charge in [-0.15, -0.1) is 0 Å². The quantitative estimate of drug-likeness (QED) is 0.611. The maximum Gasteiger partial charge on any atom is 0.193 e. The van der Waals surface area contributed by atoms with E-state index in [0.717, 1.165) is 37.9 Å². The van der Waals surface area contributed by atoms with Crippen molar-refractivity contribution in [3.8, 4) is 5.75 Å². The fourth-order valence-corrected chi connectivity index (χ4v) is 3.12. The average molecular weight is 354 g/mol. The minimum atomic E-state index is -2.96. The van der Waals surface area contributed by atoms with E-state index in [0.29, 0.717) is 6.54 Å². The summed E-state index contributed by atoms with van der Waals surface area (Å²) in [5, 5.41) is 3.13. The normalized spacial score (nSPS) is 16.2. The lowest BCUT2D eigenvalue weighted by Gasteiger charge is -2.37. The van der Waals surface area contributed by atoms with E-state index in [1.54, 1.807) is 14.2 Å². The van der Waals surface area contributed by atoms with E-state index in [4.69, 9.17) is 4.74 Å². The van der Waals surface area contributed by atoms with Crippen molar-refractivity contribution in [1.29, 1.82) is 0 Å². The van der Waals surface area contributed by atoms with Crippen LogP contribution in [-0.4, -0.2) is 78.2 Å². The number of hydrogen-bond donors (Lipinski definition) is 1. The lowest BCUT2D eigenvalue weighted by atomic mass is 10.2. The highest BCUT2D eigenvalue weighted by molar-refractivity contribution is 7.90. The van der Waals surface area contributed by atoms with Crippen LogP contribution in [0, 0.1) is 0 Å². The van der Waals surface area contributed by atoms with Gasteiger partial charge in [0.2, 0.25) is 0 Å². The second-order valence-electron chi connectivity index (χ2n) is 5.78. The molecule has 0 radical (unpaired) electrons. The monoisotopic (exact) mass is 354 g/mol. The molecule has 1 aromatic rings. The van der Waals surface area contributed by atoms with Gasteiger partial charge in [0.25, 0.3) is 0 Å². The molecule has 0 aromatic heterocycles. The Morgan fingerprint density at radius 1 is 1.21 bits per heavy atom. The van der Waals surface area contributed by atoms with Crippen LogP contribution in [0.5, 0.6) is 5.75 Å². The van der Waals surface area contributed by atoms with Gasteiger partial charge in [0, 0.05) is 51.7 Å². The molecule has 1 fully saturated rings. The Morgan fingerprint density at radius 2 is 1.83 bits per heavy atom. The number of benzene rings is 1. The number of anilines is 1. The van der Waals surface area contributed by atoms with Crippen LogP contribution in [-0.2, 0) is 9.84 Å². The molecular formula is C16H26N4O3S. The molecule has 1 heterocycles. The number of sulfone groups is 1. The van der Waals surface area contributed by atoms with Gasteiger partial charge < -0.3 is 19.9 Å². The molecule has 1 aliphatic heterocycles. The molecule has 24 heavy (non-hydrogen) atoms. The van der Waals surface area contributed by atoms with Gasteiger partial charge in [0.15, 0.2) is 5.96 Å². The minimum Gasteiger partial charge on any atom is -0.497 e. The standard InChI is InChI=1S/C16H26N4O3S/c1-17-16(18-8-13-24(3,21)22)20-11-9-19(10-12-20)14-4-6-15(23-2)7-5-14/h4-7H,8-13H2,1-3H3,(H,17,18). The number of hydrogen-bond acceptors (Lipinski definition) is 5. The largest absolute Gasteiger partial charge is 0.497 e. The molecule has 1 aliphatic rings. The highest BCUT2D eigenvalue weighted by Gasteiger charge is 2.20. The third-order valence-corrected chi connectivity index (χ3v) is 4.93. The zero-order chi connectivity index (χ0) is 17.6. The zero-order valence-electron chi connectivity index (χ0n) is 14.5. The number of ether oxygens (including phenoxy) is 1. The number of piperazine rings is 1. The molecule has 0 saturated carbocycles. The van der Waals surface area contributed by atoms with Crippen LogP contribution >= 0.6 is 0 Å². The van der Waals surface area contributed by atoms with Crippen LogP contribution in [0.2, 0.25) is 0 Å². The van der Waals surface area contributed by atoms with Gasteiger partial charge >= 0.3 is 0 Å². The fraction of sp³-hybridized carbons (Fsp3) is 0.562. The van der Waals surface area contributed by atoms with Gasteiger partial charge in [0.05, 0.1) is 12.9 Å². The maximum atomic E-state index is 11.2. The molecule has 0 unspecified atom stereocenters. The Labute approximate surface area is 144 Å². The summed E-state index contributed by atoms with van der Waals surface area (Å²) < 4.78 is 27.6. The van der Waals surface area contributed by atoms with Crippen molar-refractivity contribution in [3.63, 3.8) is 0 Å². The predicted molar refractivity (Wildman–Crippen MR) is 97.9 cm³/mol. The van der Waals surface area contributed by atoms with E-state index >= 15 is 0 Å². The fourth-order valence-electron chi connectivity index (χ4n) is 2.65. The molecule has 0 spiro atoms. The van der Waals surface area contributed by atoms with Crippen molar-refractivity contribution in [1.82, 2.24) is 10.2 Å². The average Bonchev–Trinajstić information content (AvgIpc) is 2.58. The number of nitrogens with zero attached hydrogens (tertiary/aromatic N) is 3. The molecule has 2 rings (SSSR count). The number of methoxy groups -OCH3 is 1. The highest BCUT2D eigenvalue weighted by atomic mass is 32.2. The molecule has 134 valence electrons. The summed E-state index contributed by atoms with van der Waals surface area (Å²) >= 11 is 0. The van der Waals surface area contributed by atoms with Crippen molar-refractivity contribution < 1.29 is 13.2 Å². The first kappa shape index (κ1) is 18.4. The summed E-state index contributed by atoms with van der Waals surface area (Å²) in [6.07, 6.45) is 1.24. The van der Waals surface area contributed by atoms with Gasteiger partial charge in [-0.3, -0.25) is 4.99 Å². The van der Waals surface area contributed by atoms with E-state index in [1.807, 2.05) is 12.1 Å². The maximum absolute atomic E-state index is 11.2. The minimum absolute atomic E-state index is 0.109. The second-order valence-corrected chi connectivity index (χ2v) is 8.04. The SMILES string of the molecule is CN=C(NCCS(C)(=O)=O)N1CCN(c2ccc(OC)cc2)CC1. The van der Waals surface area contributed by atoms with Crippen LogP contribution in [0.3, 0.4) is 0 Å². The van der Waals surface area contributed by atoms with Crippen molar-refractivity contribution in [3.05, 3.63) is 24.3 Å². The van der Waals surface area contributed by atoms with Gasteiger partial charge in [-0.05, 0) is 24.3 Å². The van der Waals surface area contributed by atoms with Crippen LogP contribution in [0.1, 0.15) is 0 Å². The Bertz CT molecular complexity index is 650. The summed E-state index contributed by atoms with van der Waals surface area (Å²) in [6, 6.07) is 8.06. The van der Waals surface area contributed by atoms with E-state index < -0.39 is 9.84 Å². The first-order chi connectivity index (χ1) is 11.4. The molecule has 0 amide bonds.